The van der Waals surface area contributed by atoms with Crippen LogP contribution in [0.25, 0.3) is 0 Å². The van der Waals surface area contributed by atoms with Gasteiger partial charge in [-0.25, -0.2) is 0 Å². The number of amides is 1. The van der Waals surface area contributed by atoms with Crippen molar-refractivity contribution in [1.29, 1.82) is 0 Å². The smallest absolute Gasteiger partial charge is 0.230 e. The third kappa shape index (κ3) is 2.73. The van der Waals surface area contributed by atoms with Gasteiger partial charge in [0.2, 0.25) is 5.91 Å². The van der Waals surface area contributed by atoms with Crippen molar-refractivity contribution in [3.63, 3.8) is 0 Å². The normalized spacial score (nSPS) is 24.4. The minimum atomic E-state index is -0.537. The molecule has 1 aliphatic carbocycles. The first-order valence-corrected chi connectivity index (χ1v) is 5.98. The maximum absolute atomic E-state index is 12.2. The quantitative estimate of drug-likeness (QED) is 0.850. The zero-order chi connectivity index (χ0) is 12.3. The first-order chi connectivity index (χ1) is 8.10. The van der Waals surface area contributed by atoms with E-state index < -0.39 is 5.41 Å². The first-order valence-electron chi connectivity index (χ1n) is 5.98. The fraction of sp³-hybridized carbons (Fsp3) is 0.429. The molecule has 1 aromatic rings. The lowest BCUT2D eigenvalue weighted by Crippen LogP contribution is -2.38. The van der Waals surface area contributed by atoms with Gasteiger partial charge >= 0.3 is 0 Å². The summed E-state index contributed by atoms with van der Waals surface area (Å²) in [6.07, 6.45) is 2.59. The van der Waals surface area contributed by atoms with Gasteiger partial charge in [-0.05, 0) is 25.0 Å². The Morgan fingerprint density at radius 1 is 1.29 bits per heavy atom. The van der Waals surface area contributed by atoms with E-state index in [-0.39, 0.29) is 11.7 Å². The molecule has 3 nitrogen and oxygen atoms in total. The number of ketones is 1. The monoisotopic (exact) mass is 231 g/mol. The summed E-state index contributed by atoms with van der Waals surface area (Å²) in [5.41, 5.74) is 0.252. The predicted molar refractivity (Wildman–Crippen MR) is 66.7 cm³/mol. The Balaban J connectivity index is 2.07. The number of nitrogens with one attached hydrogen (secondary N) is 1. The topological polar surface area (TPSA) is 46.2 Å². The molecule has 1 aromatic carbocycles. The number of Topliss-reactive ketones (excluding diaryl/α,β-unsaturated/α-hetero) is 1. The average molecular weight is 231 g/mol. The van der Waals surface area contributed by atoms with E-state index in [0.29, 0.717) is 12.8 Å². The standard InChI is InChI=1S/C14H17NO2/c1-14(9-5-8-12(16)10-14)13(17)15-11-6-3-2-4-7-11/h2-4,6-7H,5,8-10H2,1H3,(H,15,17). The van der Waals surface area contributed by atoms with Crippen molar-refractivity contribution < 1.29 is 9.59 Å². The number of anilines is 1. The van der Waals surface area contributed by atoms with Gasteiger partial charge < -0.3 is 5.32 Å². The van der Waals surface area contributed by atoms with Gasteiger partial charge in [0.15, 0.2) is 0 Å². The maximum Gasteiger partial charge on any atom is 0.230 e. The molecule has 90 valence electrons. The zero-order valence-corrected chi connectivity index (χ0v) is 10.0. The Morgan fingerprint density at radius 2 is 2.00 bits per heavy atom. The number of carbonyl (C=O) groups is 2. The van der Waals surface area contributed by atoms with Gasteiger partial charge in [-0.2, -0.15) is 0 Å². The molecule has 1 amide bonds. The largest absolute Gasteiger partial charge is 0.326 e. The van der Waals surface area contributed by atoms with Gasteiger partial charge in [0.1, 0.15) is 5.78 Å². The minimum Gasteiger partial charge on any atom is -0.326 e. The zero-order valence-electron chi connectivity index (χ0n) is 10.0. The highest BCUT2D eigenvalue weighted by molar-refractivity contribution is 5.98. The van der Waals surface area contributed by atoms with Crippen LogP contribution in [0.1, 0.15) is 32.6 Å². The Kier molecular flexibility index (Phi) is 3.27. The van der Waals surface area contributed by atoms with Crippen LogP contribution in [0.2, 0.25) is 0 Å². The summed E-state index contributed by atoms with van der Waals surface area (Å²) in [5, 5.41) is 2.88. The number of rotatable bonds is 2. The summed E-state index contributed by atoms with van der Waals surface area (Å²) in [6.45, 7) is 1.88. The van der Waals surface area contributed by atoms with E-state index in [1.54, 1.807) is 0 Å². The van der Waals surface area contributed by atoms with E-state index in [1.807, 2.05) is 37.3 Å². The van der Waals surface area contributed by atoms with E-state index in [4.69, 9.17) is 0 Å². The van der Waals surface area contributed by atoms with Crippen molar-refractivity contribution in [3.05, 3.63) is 30.3 Å². The van der Waals surface area contributed by atoms with Gasteiger partial charge in [0, 0.05) is 18.5 Å². The van der Waals surface area contributed by atoms with E-state index >= 15 is 0 Å². The van der Waals surface area contributed by atoms with Crippen LogP contribution in [0.15, 0.2) is 30.3 Å². The van der Waals surface area contributed by atoms with E-state index in [2.05, 4.69) is 5.32 Å². The van der Waals surface area contributed by atoms with Crippen LogP contribution in [0.4, 0.5) is 5.69 Å². The number of benzene rings is 1. The molecular formula is C14H17NO2. The lowest BCUT2D eigenvalue weighted by atomic mass is 9.74. The SMILES string of the molecule is CC1(C(=O)Nc2ccccc2)CCCC(=O)C1. The van der Waals surface area contributed by atoms with Crippen molar-refractivity contribution in [3.8, 4) is 0 Å². The minimum absolute atomic E-state index is 0.0447. The molecule has 1 fully saturated rings. The highest BCUT2D eigenvalue weighted by atomic mass is 16.2. The van der Waals surface area contributed by atoms with Crippen molar-refractivity contribution >= 4 is 17.4 Å². The molecule has 1 atom stereocenters. The Bertz CT molecular complexity index is 427. The van der Waals surface area contributed by atoms with Gasteiger partial charge in [0.05, 0.1) is 5.41 Å². The molecule has 1 aliphatic rings. The molecule has 2 rings (SSSR count). The summed E-state index contributed by atoms with van der Waals surface area (Å²) >= 11 is 0. The fourth-order valence-corrected chi connectivity index (χ4v) is 2.28. The summed E-state index contributed by atoms with van der Waals surface area (Å²) in [4.78, 5) is 23.6. The highest BCUT2D eigenvalue weighted by Crippen LogP contribution is 2.35. The lowest BCUT2D eigenvalue weighted by molar-refractivity contribution is -0.133. The molecule has 17 heavy (non-hydrogen) atoms. The van der Waals surface area contributed by atoms with Crippen LogP contribution in [0.5, 0.6) is 0 Å². The Morgan fingerprint density at radius 3 is 2.65 bits per heavy atom. The van der Waals surface area contributed by atoms with Crippen LogP contribution >= 0.6 is 0 Å². The predicted octanol–water partition coefficient (Wildman–Crippen LogP) is 2.77. The Hall–Kier alpha value is -1.64. The third-order valence-electron chi connectivity index (χ3n) is 3.35. The van der Waals surface area contributed by atoms with Crippen LogP contribution in [-0.2, 0) is 9.59 Å². The molecular weight excluding hydrogens is 214 g/mol. The molecule has 1 unspecified atom stereocenters. The second-order valence-corrected chi connectivity index (χ2v) is 4.95. The maximum atomic E-state index is 12.2. The van der Waals surface area contributed by atoms with E-state index in [1.165, 1.54) is 0 Å². The number of hydrogen-bond acceptors (Lipinski definition) is 2. The summed E-state index contributed by atoms with van der Waals surface area (Å²) < 4.78 is 0. The fourth-order valence-electron chi connectivity index (χ4n) is 2.28. The average Bonchev–Trinajstić information content (AvgIpc) is 2.30. The molecule has 0 aromatic heterocycles. The van der Waals surface area contributed by atoms with Crippen LogP contribution in [0.3, 0.4) is 0 Å². The van der Waals surface area contributed by atoms with Crippen LogP contribution in [-0.4, -0.2) is 11.7 Å². The van der Waals surface area contributed by atoms with Gasteiger partial charge in [-0.1, -0.05) is 25.1 Å². The Labute approximate surface area is 101 Å². The van der Waals surface area contributed by atoms with E-state index in [0.717, 1.165) is 18.5 Å². The van der Waals surface area contributed by atoms with Crippen LogP contribution < -0.4 is 5.32 Å². The highest BCUT2D eigenvalue weighted by Gasteiger charge is 2.37. The first kappa shape index (κ1) is 11.8. The summed E-state index contributed by atoms with van der Waals surface area (Å²) in [5.74, 6) is 0.152. The summed E-state index contributed by atoms with van der Waals surface area (Å²) in [6, 6.07) is 9.37. The van der Waals surface area contributed by atoms with Crippen molar-refractivity contribution in [1.82, 2.24) is 0 Å². The second kappa shape index (κ2) is 4.70. The summed E-state index contributed by atoms with van der Waals surface area (Å²) in [7, 11) is 0. The third-order valence-corrected chi connectivity index (χ3v) is 3.35. The number of para-hydroxylation sites is 1. The van der Waals surface area contributed by atoms with Crippen molar-refractivity contribution in [2.75, 3.05) is 5.32 Å². The number of hydrogen-bond donors (Lipinski definition) is 1. The molecule has 1 N–H and O–H groups in total. The van der Waals surface area contributed by atoms with Crippen molar-refractivity contribution in [2.24, 2.45) is 5.41 Å². The number of carbonyl (C=O) groups excluding carboxylic acids is 2. The van der Waals surface area contributed by atoms with Gasteiger partial charge in [0.25, 0.3) is 0 Å². The van der Waals surface area contributed by atoms with Gasteiger partial charge in [-0.3, -0.25) is 9.59 Å². The molecule has 1 saturated carbocycles. The lowest BCUT2D eigenvalue weighted by Gasteiger charge is -2.31. The van der Waals surface area contributed by atoms with Crippen LogP contribution in [0, 0.1) is 5.41 Å². The second-order valence-electron chi connectivity index (χ2n) is 4.95. The molecule has 0 radical (unpaired) electrons. The van der Waals surface area contributed by atoms with Crippen molar-refractivity contribution in [2.45, 2.75) is 32.6 Å². The van der Waals surface area contributed by atoms with E-state index in [9.17, 15) is 9.59 Å². The molecule has 0 spiro atoms. The molecule has 0 aliphatic heterocycles. The molecule has 3 heteroatoms. The molecule has 0 heterocycles. The molecule has 0 bridgehead atoms. The van der Waals surface area contributed by atoms with Gasteiger partial charge in [-0.15, -0.1) is 0 Å². The molecule has 0 saturated heterocycles.